The van der Waals surface area contributed by atoms with Crippen LogP contribution >= 0.6 is 0 Å². The van der Waals surface area contributed by atoms with Gasteiger partial charge in [-0.1, -0.05) is 27.7 Å². The van der Waals surface area contributed by atoms with Gasteiger partial charge in [-0.15, -0.1) is 0 Å². The van der Waals surface area contributed by atoms with Crippen LogP contribution in [0.25, 0.3) is 0 Å². The van der Waals surface area contributed by atoms with Gasteiger partial charge in [-0.3, -0.25) is 4.79 Å². The lowest BCUT2D eigenvalue weighted by Gasteiger charge is -2.38. The molecule has 2 fully saturated rings. The van der Waals surface area contributed by atoms with Crippen LogP contribution in [0.3, 0.4) is 0 Å². The van der Waals surface area contributed by atoms with Crippen LogP contribution in [0.4, 0.5) is 4.79 Å². The summed E-state index contributed by atoms with van der Waals surface area (Å²) in [6.45, 7) is 10.7. The van der Waals surface area contributed by atoms with Gasteiger partial charge in [-0.05, 0) is 24.7 Å². The summed E-state index contributed by atoms with van der Waals surface area (Å²) in [5.74, 6) is 0.640. The Labute approximate surface area is 145 Å². The van der Waals surface area contributed by atoms with Gasteiger partial charge in [0.1, 0.15) is 11.7 Å². The molecule has 2 aliphatic heterocycles. The molecule has 0 aromatic rings. The summed E-state index contributed by atoms with van der Waals surface area (Å²) in [6.07, 6.45) is 1.60. The van der Waals surface area contributed by atoms with Crippen molar-refractivity contribution in [3.63, 3.8) is 0 Å². The highest BCUT2D eigenvalue weighted by Crippen LogP contribution is 2.33. The number of aliphatic hydroxyl groups is 1. The second-order valence-electron chi connectivity index (χ2n) is 8.13. The summed E-state index contributed by atoms with van der Waals surface area (Å²) >= 11 is 0. The highest BCUT2D eigenvalue weighted by Gasteiger charge is 2.47. The van der Waals surface area contributed by atoms with Crippen LogP contribution in [-0.2, 0) is 9.53 Å². The van der Waals surface area contributed by atoms with Gasteiger partial charge in [-0.2, -0.15) is 0 Å². The zero-order chi connectivity index (χ0) is 17.9. The Kier molecular flexibility index (Phi) is 6.12. The molecule has 2 rings (SSSR count). The molecule has 1 atom stereocenters. The molecule has 0 aromatic carbocycles. The zero-order valence-electron chi connectivity index (χ0n) is 15.5. The van der Waals surface area contributed by atoms with Gasteiger partial charge < -0.3 is 19.6 Å². The molecule has 0 saturated carbocycles. The lowest BCUT2D eigenvalue weighted by atomic mass is 9.90. The van der Waals surface area contributed by atoms with E-state index in [-0.39, 0.29) is 17.9 Å². The lowest BCUT2D eigenvalue weighted by Crippen LogP contribution is -2.51. The van der Waals surface area contributed by atoms with E-state index >= 15 is 0 Å². The van der Waals surface area contributed by atoms with Gasteiger partial charge in [0.2, 0.25) is 0 Å². The monoisotopic (exact) mass is 340 g/mol. The van der Waals surface area contributed by atoms with Crippen molar-refractivity contribution < 1.29 is 19.4 Å². The van der Waals surface area contributed by atoms with E-state index in [2.05, 4.69) is 13.8 Å². The number of nitrogens with zero attached hydrogens (tertiary/aromatic N) is 2. The summed E-state index contributed by atoms with van der Waals surface area (Å²) in [4.78, 5) is 27.9. The number of ether oxygens (including phenoxy) is 1. The Balaban J connectivity index is 1.86. The smallest absolute Gasteiger partial charge is 0.410 e. The van der Waals surface area contributed by atoms with Crippen molar-refractivity contribution in [1.82, 2.24) is 9.80 Å². The third-order valence-electron chi connectivity index (χ3n) is 4.98. The molecule has 24 heavy (non-hydrogen) atoms. The molecule has 0 bridgehead atoms. The van der Waals surface area contributed by atoms with E-state index in [1.54, 1.807) is 9.80 Å². The first-order chi connectivity index (χ1) is 11.2. The van der Waals surface area contributed by atoms with Crippen molar-refractivity contribution in [3.05, 3.63) is 0 Å². The maximum Gasteiger partial charge on any atom is 0.410 e. The van der Waals surface area contributed by atoms with Crippen LogP contribution in [0.15, 0.2) is 0 Å². The fourth-order valence-corrected chi connectivity index (χ4v) is 3.43. The summed E-state index contributed by atoms with van der Waals surface area (Å²) in [7, 11) is 0. The Bertz CT molecular complexity index is 456. The van der Waals surface area contributed by atoms with Crippen LogP contribution in [0.5, 0.6) is 0 Å². The number of hydrogen-bond donors (Lipinski definition) is 1. The Morgan fingerprint density at radius 1 is 1.21 bits per heavy atom. The number of carbonyl (C=O) groups excluding carboxylic acids is 2. The average Bonchev–Trinajstić information content (AvgIpc) is 2.80. The van der Waals surface area contributed by atoms with Gasteiger partial charge >= 0.3 is 6.09 Å². The summed E-state index contributed by atoms with van der Waals surface area (Å²) in [5, 5.41) is 10.0. The summed E-state index contributed by atoms with van der Waals surface area (Å²) in [5.41, 5.74) is -0.451. The van der Waals surface area contributed by atoms with Crippen molar-refractivity contribution in [2.75, 3.05) is 26.2 Å². The predicted molar refractivity (Wildman–Crippen MR) is 91.5 cm³/mol. The number of hydrogen-bond acceptors (Lipinski definition) is 4. The van der Waals surface area contributed by atoms with Gasteiger partial charge in [-0.25, -0.2) is 4.79 Å². The number of likely N-dealkylation sites (tertiary alicyclic amines) is 1. The Morgan fingerprint density at radius 2 is 1.83 bits per heavy atom. The Hall–Kier alpha value is -1.30. The van der Waals surface area contributed by atoms with Gasteiger partial charge in [0, 0.05) is 32.5 Å². The van der Waals surface area contributed by atoms with Crippen molar-refractivity contribution >= 4 is 12.0 Å². The summed E-state index contributed by atoms with van der Waals surface area (Å²) < 4.78 is 5.67. The average molecular weight is 340 g/mol. The van der Waals surface area contributed by atoms with E-state index in [0.717, 1.165) is 13.0 Å². The lowest BCUT2D eigenvalue weighted by molar-refractivity contribution is -0.144. The second-order valence-corrected chi connectivity index (χ2v) is 8.13. The second kappa shape index (κ2) is 7.72. The van der Waals surface area contributed by atoms with Crippen molar-refractivity contribution in [2.24, 2.45) is 11.8 Å². The minimum absolute atomic E-state index is 0.195. The maximum atomic E-state index is 12.3. The SMILES string of the molecule is CC(C)CCN1CC2(CCN(C(=O)[C@H](O)CC(C)C)CC2)OC1=O. The van der Waals surface area contributed by atoms with Crippen LogP contribution in [-0.4, -0.2) is 64.8 Å². The van der Waals surface area contributed by atoms with Crippen LogP contribution in [0, 0.1) is 11.8 Å². The fourth-order valence-electron chi connectivity index (χ4n) is 3.43. The number of amides is 2. The van der Waals surface area contributed by atoms with Crippen molar-refractivity contribution in [2.45, 2.75) is 65.1 Å². The number of carbonyl (C=O) groups is 2. The molecular weight excluding hydrogens is 308 g/mol. The largest absolute Gasteiger partial charge is 0.441 e. The van der Waals surface area contributed by atoms with Crippen LogP contribution in [0.2, 0.25) is 0 Å². The Morgan fingerprint density at radius 3 is 2.38 bits per heavy atom. The third kappa shape index (κ3) is 4.62. The molecule has 0 radical (unpaired) electrons. The molecule has 2 heterocycles. The van der Waals surface area contributed by atoms with E-state index in [1.165, 1.54) is 0 Å². The normalized spacial score (nSPS) is 21.7. The molecule has 1 N–H and O–H groups in total. The van der Waals surface area contributed by atoms with Gasteiger partial charge in [0.05, 0.1) is 6.54 Å². The molecule has 6 nitrogen and oxygen atoms in total. The van der Waals surface area contributed by atoms with Gasteiger partial charge in [0.25, 0.3) is 5.91 Å². The van der Waals surface area contributed by atoms with Crippen LogP contribution < -0.4 is 0 Å². The van der Waals surface area contributed by atoms with E-state index in [4.69, 9.17) is 4.74 Å². The highest BCUT2D eigenvalue weighted by atomic mass is 16.6. The fraction of sp³-hybridized carbons (Fsp3) is 0.889. The first-order valence-corrected chi connectivity index (χ1v) is 9.17. The molecule has 2 saturated heterocycles. The minimum atomic E-state index is -0.923. The van der Waals surface area contributed by atoms with E-state index in [0.29, 0.717) is 44.8 Å². The molecule has 1 spiro atoms. The van der Waals surface area contributed by atoms with E-state index in [1.807, 2.05) is 13.8 Å². The minimum Gasteiger partial charge on any atom is -0.441 e. The van der Waals surface area contributed by atoms with E-state index < -0.39 is 11.7 Å². The molecule has 0 unspecified atom stereocenters. The maximum absolute atomic E-state index is 12.3. The predicted octanol–water partition coefficient (Wildman–Crippen LogP) is 2.25. The number of rotatable bonds is 6. The van der Waals surface area contributed by atoms with Crippen LogP contribution in [0.1, 0.15) is 53.4 Å². The molecular formula is C18H32N2O4. The first-order valence-electron chi connectivity index (χ1n) is 9.17. The highest BCUT2D eigenvalue weighted by molar-refractivity contribution is 5.80. The summed E-state index contributed by atoms with van der Waals surface area (Å²) in [6, 6.07) is 0. The first kappa shape index (κ1) is 19.0. The molecule has 2 aliphatic rings. The molecule has 138 valence electrons. The molecule has 6 heteroatoms. The molecule has 0 aliphatic carbocycles. The topological polar surface area (TPSA) is 70.1 Å². The van der Waals surface area contributed by atoms with Crippen molar-refractivity contribution in [3.8, 4) is 0 Å². The standard InChI is InChI=1S/C18H32N2O4/c1-13(2)5-8-20-12-18(24-17(20)23)6-9-19(10-7-18)16(22)15(21)11-14(3)4/h13-15,21H,5-12H2,1-4H3/t15-/m1/s1. The quantitative estimate of drug-likeness (QED) is 0.805. The molecule has 0 aromatic heterocycles. The van der Waals surface area contributed by atoms with Crippen molar-refractivity contribution in [1.29, 1.82) is 0 Å². The molecule has 2 amide bonds. The third-order valence-corrected chi connectivity index (χ3v) is 4.98. The zero-order valence-corrected chi connectivity index (χ0v) is 15.5. The number of piperidine rings is 1. The van der Waals surface area contributed by atoms with Gasteiger partial charge in [0.15, 0.2) is 0 Å². The number of aliphatic hydroxyl groups excluding tert-OH is 1. The van der Waals surface area contributed by atoms with E-state index in [9.17, 15) is 14.7 Å².